The fraction of sp³-hybridized carbons (Fsp3) is 0.100. The summed E-state index contributed by atoms with van der Waals surface area (Å²) in [7, 11) is 0. The molecule has 0 N–H and O–H groups in total. The zero-order valence-electron chi connectivity index (χ0n) is 18.8. The molecule has 2 nitrogen and oxygen atoms in total. The molecule has 4 aromatic carbocycles. The van der Waals surface area contributed by atoms with Crippen molar-refractivity contribution >= 4 is 27.3 Å². The van der Waals surface area contributed by atoms with Crippen molar-refractivity contribution in [1.82, 2.24) is 9.38 Å². The summed E-state index contributed by atoms with van der Waals surface area (Å²) in [6.07, 6.45) is 0. The van der Waals surface area contributed by atoms with E-state index in [-0.39, 0.29) is 20.1 Å². The molecular formula is C30H23IrN2-. The number of rotatable bonds is 2. The van der Waals surface area contributed by atoms with Crippen LogP contribution in [0, 0.1) is 26.8 Å². The van der Waals surface area contributed by atoms with E-state index < -0.39 is 0 Å². The minimum absolute atomic E-state index is 0. The number of imidazole rings is 1. The summed E-state index contributed by atoms with van der Waals surface area (Å²) < 4.78 is 2.34. The molecule has 0 amide bonds. The summed E-state index contributed by atoms with van der Waals surface area (Å²) in [4.78, 5) is 5.06. The van der Waals surface area contributed by atoms with Gasteiger partial charge in [-0.3, -0.25) is 4.98 Å². The Hall–Kier alpha value is -3.26. The third kappa shape index (κ3) is 3.31. The number of aryl methyl sites for hydroxylation is 3. The second kappa shape index (κ2) is 8.26. The van der Waals surface area contributed by atoms with E-state index in [9.17, 15) is 0 Å². The van der Waals surface area contributed by atoms with Crippen LogP contribution >= 0.6 is 0 Å². The van der Waals surface area contributed by atoms with Crippen LogP contribution in [0.15, 0.2) is 84.9 Å². The fourth-order valence-corrected chi connectivity index (χ4v) is 5.02. The van der Waals surface area contributed by atoms with Crippen molar-refractivity contribution in [3.8, 4) is 22.4 Å². The molecule has 0 fully saturated rings. The molecule has 0 aliphatic heterocycles. The summed E-state index contributed by atoms with van der Waals surface area (Å²) in [6.45, 7) is 6.49. The minimum Gasteiger partial charge on any atom is -0.333 e. The Balaban J connectivity index is 0.00000228. The Morgan fingerprint density at radius 3 is 2.24 bits per heavy atom. The molecule has 2 heterocycles. The Morgan fingerprint density at radius 1 is 0.727 bits per heavy atom. The number of aromatic nitrogens is 2. The quantitative estimate of drug-likeness (QED) is 0.147. The molecule has 0 bridgehead atoms. The molecule has 0 atom stereocenters. The summed E-state index contributed by atoms with van der Waals surface area (Å²) in [6, 6.07) is 33.6. The molecule has 3 heteroatoms. The molecule has 0 saturated carbocycles. The van der Waals surface area contributed by atoms with Gasteiger partial charge in [0.2, 0.25) is 0 Å². The number of benzene rings is 4. The summed E-state index contributed by atoms with van der Waals surface area (Å²) in [5.41, 5.74) is 10.6. The van der Waals surface area contributed by atoms with Crippen LogP contribution < -0.4 is 0 Å². The first kappa shape index (κ1) is 21.6. The third-order valence-corrected chi connectivity index (χ3v) is 6.48. The molecular weight excluding hydrogens is 581 g/mol. The monoisotopic (exact) mass is 604 g/mol. The summed E-state index contributed by atoms with van der Waals surface area (Å²) in [5, 5.41) is 3.47. The molecule has 2 aromatic heterocycles. The van der Waals surface area contributed by atoms with Gasteiger partial charge in [0.25, 0.3) is 0 Å². The van der Waals surface area contributed by atoms with Crippen LogP contribution in [0.1, 0.15) is 16.8 Å². The van der Waals surface area contributed by atoms with Crippen LogP contribution in [-0.4, -0.2) is 9.38 Å². The summed E-state index contributed by atoms with van der Waals surface area (Å²) >= 11 is 0. The molecule has 0 saturated heterocycles. The maximum atomic E-state index is 5.06. The Morgan fingerprint density at radius 2 is 1.48 bits per heavy atom. The van der Waals surface area contributed by atoms with Crippen molar-refractivity contribution in [3.05, 3.63) is 108 Å². The van der Waals surface area contributed by atoms with Gasteiger partial charge in [0.15, 0.2) is 0 Å². The second-order valence-electron chi connectivity index (χ2n) is 8.53. The molecule has 6 rings (SSSR count). The first-order valence-corrected chi connectivity index (χ1v) is 11.0. The predicted octanol–water partition coefficient (Wildman–Crippen LogP) is 7.70. The van der Waals surface area contributed by atoms with E-state index in [0.717, 1.165) is 16.7 Å². The largest absolute Gasteiger partial charge is 0.333 e. The average Bonchev–Trinajstić information content (AvgIpc) is 3.16. The SMILES string of the molecule is Cc1cccc(C)c1-c1c(C)nc2c3[c-]cccc3c3cc(-c4ccccc4)ccc3n12.[Ir]. The minimum atomic E-state index is 0. The fourth-order valence-electron chi connectivity index (χ4n) is 5.02. The standard InChI is InChI=1S/C30H23N2.Ir/c1-19-10-9-11-20(2)28(19)29-21(3)31-30-25-15-8-7-14-24(25)26-18-23(16-17-27(26)32(29)30)22-12-5-4-6-13-22;/h4-14,16-18H,1-3H3;/q-1;. The van der Waals surface area contributed by atoms with Gasteiger partial charge in [-0.15, -0.1) is 29.7 Å². The van der Waals surface area contributed by atoms with E-state index in [1.54, 1.807) is 0 Å². The molecule has 33 heavy (non-hydrogen) atoms. The first-order valence-electron chi connectivity index (χ1n) is 11.0. The number of hydrogen-bond donors (Lipinski definition) is 0. The maximum Gasteiger partial charge on any atom is 0.0669 e. The number of pyridine rings is 1. The van der Waals surface area contributed by atoms with Gasteiger partial charge in [0.1, 0.15) is 0 Å². The smallest absolute Gasteiger partial charge is 0.0669 e. The van der Waals surface area contributed by atoms with Crippen LogP contribution in [-0.2, 0) is 20.1 Å². The van der Waals surface area contributed by atoms with Gasteiger partial charge < -0.3 is 4.40 Å². The van der Waals surface area contributed by atoms with Crippen LogP contribution in [0.4, 0.5) is 0 Å². The molecule has 0 unspecified atom stereocenters. The zero-order chi connectivity index (χ0) is 21.8. The third-order valence-electron chi connectivity index (χ3n) is 6.48. The maximum absolute atomic E-state index is 5.06. The predicted molar refractivity (Wildman–Crippen MR) is 134 cm³/mol. The van der Waals surface area contributed by atoms with E-state index in [0.29, 0.717) is 0 Å². The molecule has 6 aromatic rings. The van der Waals surface area contributed by atoms with Gasteiger partial charge in [-0.25, -0.2) is 0 Å². The van der Waals surface area contributed by atoms with Crippen molar-refractivity contribution < 1.29 is 20.1 Å². The molecule has 0 aliphatic rings. The molecule has 0 aliphatic carbocycles. The van der Waals surface area contributed by atoms with E-state index in [1.807, 2.05) is 6.07 Å². The van der Waals surface area contributed by atoms with Crippen molar-refractivity contribution in [2.45, 2.75) is 20.8 Å². The number of hydrogen-bond acceptors (Lipinski definition) is 1. The summed E-state index contributed by atoms with van der Waals surface area (Å²) in [5.74, 6) is 0. The van der Waals surface area contributed by atoms with Gasteiger partial charge in [-0.1, -0.05) is 66.0 Å². The topological polar surface area (TPSA) is 17.3 Å². The van der Waals surface area contributed by atoms with Crippen molar-refractivity contribution in [2.75, 3.05) is 0 Å². The van der Waals surface area contributed by atoms with Crippen LogP contribution in [0.25, 0.3) is 49.7 Å². The van der Waals surface area contributed by atoms with E-state index in [1.165, 1.54) is 49.8 Å². The van der Waals surface area contributed by atoms with E-state index >= 15 is 0 Å². The Labute approximate surface area is 207 Å². The van der Waals surface area contributed by atoms with Gasteiger partial charge in [-0.2, -0.15) is 0 Å². The number of fused-ring (bicyclic) bond motifs is 6. The van der Waals surface area contributed by atoms with Crippen molar-refractivity contribution in [2.24, 2.45) is 0 Å². The molecule has 0 spiro atoms. The van der Waals surface area contributed by atoms with Crippen LogP contribution in [0.2, 0.25) is 0 Å². The number of nitrogens with zero attached hydrogens (tertiary/aromatic N) is 2. The first-order chi connectivity index (χ1) is 15.6. The Kier molecular flexibility index (Phi) is 5.40. The van der Waals surface area contributed by atoms with Gasteiger partial charge in [0, 0.05) is 31.2 Å². The molecule has 1 radical (unpaired) electrons. The van der Waals surface area contributed by atoms with Crippen LogP contribution in [0.5, 0.6) is 0 Å². The average molecular weight is 604 g/mol. The Bertz CT molecular complexity index is 1630. The van der Waals surface area contributed by atoms with Crippen LogP contribution in [0.3, 0.4) is 0 Å². The van der Waals surface area contributed by atoms with Gasteiger partial charge in [0.05, 0.1) is 17.0 Å². The van der Waals surface area contributed by atoms with E-state index in [2.05, 4.69) is 110 Å². The second-order valence-corrected chi connectivity index (χ2v) is 8.53. The van der Waals surface area contributed by atoms with E-state index in [4.69, 9.17) is 4.98 Å². The van der Waals surface area contributed by atoms with Crippen molar-refractivity contribution in [1.29, 1.82) is 0 Å². The zero-order valence-corrected chi connectivity index (χ0v) is 21.2. The molecule has 163 valence electrons. The van der Waals surface area contributed by atoms with Gasteiger partial charge in [-0.05, 0) is 54.5 Å². The normalized spacial score (nSPS) is 11.2. The van der Waals surface area contributed by atoms with Crippen molar-refractivity contribution in [3.63, 3.8) is 0 Å². The van der Waals surface area contributed by atoms with Gasteiger partial charge >= 0.3 is 0 Å².